The minimum Gasteiger partial charge on any atom is -0.497 e. The van der Waals surface area contributed by atoms with Gasteiger partial charge in [0.25, 0.3) is 0 Å². The zero-order valence-corrected chi connectivity index (χ0v) is 13.8. The van der Waals surface area contributed by atoms with Crippen LogP contribution in [0.5, 0.6) is 11.5 Å². The van der Waals surface area contributed by atoms with E-state index in [0.717, 1.165) is 0 Å². The van der Waals surface area contributed by atoms with E-state index in [2.05, 4.69) is 4.99 Å². The molecule has 24 heavy (non-hydrogen) atoms. The Hall–Kier alpha value is -2.79. The predicted octanol–water partition coefficient (Wildman–Crippen LogP) is 3.70. The molecule has 0 radical (unpaired) electrons. The van der Waals surface area contributed by atoms with E-state index in [1.807, 2.05) is 0 Å². The fourth-order valence-corrected chi connectivity index (χ4v) is 2.41. The van der Waals surface area contributed by atoms with Gasteiger partial charge >= 0.3 is 5.97 Å². The molecule has 0 N–H and O–H groups in total. The second-order valence-electron chi connectivity index (χ2n) is 4.95. The maximum atomic E-state index is 12.1. The van der Waals surface area contributed by atoms with Crippen molar-refractivity contribution in [3.8, 4) is 11.5 Å². The summed E-state index contributed by atoms with van der Waals surface area (Å²) in [5, 5.41) is 0.536. The number of aliphatic imine (C=N–C) groups is 1. The van der Waals surface area contributed by atoms with Crippen LogP contribution in [0.3, 0.4) is 0 Å². The van der Waals surface area contributed by atoms with Crippen LogP contribution in [0.1, 0.15) is 11.1 Å². The highest BCUT2D eigenvalue weighted by atomic mass is 35.5. The van der Waals surface area contributed by atoms with Crippen molar-refractivity contribution in [3.05, 3.63) is 64.3 Å². The molecule has 0 aromatic heterocycles. The van der Waals surface area contributed by atoms with Crippen molar-refractivity contribution >= 4 is 29.5 Å². The summed E-state index contributed by atoms with van der Waals surface area (Å²) in [6.45, 7) is 0. The second-order valence-corrected chi connectivity index (χ2v) is 5.39. The number of halogens is 1. The molecule has 0 fully saturated rings. The van der Waals surface area contributed by atoms with Crippen molar-refractivity contribution in [1.82, 2.24) is 0 Å². The molecule has 0 saturated carbocycles. The van der Waals surface area contributed by atoms with Crippen LogP contribution in [0.4, 0.5) is 0 Å². The van der Waals surface area contributed by atoms with Gasteiger partial charge in [0.2, 0.25) is 5.90 Å². The number of hydrogen-bond donors (Lipinski definition) is 0. The van der Waals surface area contributed by atoms with Gasteiger partial charge in [-0.25, -0.2) is 9.79 Å². The molecule has 0 amide bonds. The summed E-state index contributed by atoms with van der Waals surface area (Å²) >= 11 is 6.00. The third-order valence-corrected chi connectivity index (χ3v) is 3.68. The van der Waals surface area contributed by atoms with Gasteiger partial charge in [0, 0.05) is 16.1 Å². The average Bonchev–Trinajstić information content (AvgIpc) is 2.96. The van der Waals surface area contributed by atoms with Crippen molar-refractivity contribution in [1.29, 1.82) is 0 Å². The molecule has 0 atom stereocenters. The summed E-state index contributed by atoms with van der Waals surface area (Å²) in [6, 6.07) is 12.2. The first-order valence-electron chi connectivity index (χ1n) is 7.11. The number of nitrogens with zero attached hydrogens (tertiary/aromatic N) is 1. The lowest BCUT2D eigenvalue weighted by Crippen LogP contribution is -2.05. The van der Waals surface area contributed by atoms with Gasteiger partial charge in [-0.1, -0.05) is 11.6 Å². The van der Waals surface area contributed by atoms with Gasteiger partial charge in [-0.15, -0.1) is 0 Å². The molecular formula is C18H14ClNO4. The lowest BCUT2D eigenvalue weighted by molar-refractivity contribution is -0.129. The highest BCUT2D eigenvalue weighted by molar-refractivity contribution is 6.30. The van der Waals surface area contributed by atoms with Gasteiger partial charge < -0.3 is 14.2 Å². The zero-order chi connectivity index (χ0) is 17.1. The summed E-state index contributed by atoms with van der Waals surface area (Å²) < 4.78 is 15.6. The van der Waals surface area contributed by atoms with Crippen LogP contribution < -0.4 is 9.47 Å². The van der Waals surface area contributed by atoms with Gasteiger partial charge in [-0.2, -0.15) is 0 Å². The van der Waals surface area contributed by atoms with Crippen LogP contribution >= 0.6 is 11.6 Å². The van der Waals surface area contributed by atoms with E-state index >= 15 is 0 Å². The van der Waals surface area contributed by atoms with E-state index in [1.165, 1.54) is 0 Å². The quantitative estimate of drug-likeness (QED) is 0.627. The fourth-order valence-electron chi connectivity index (χ4n) is 2.23. The topological polar surface area (TPSA) is 57.1 Å². The number of rotatable bonds is 4. The van der Waals surface area contributed by atoms with Crippen molar-refractivity contribution in [2.24, 2.45) is 4.99 Å². The third kappa shape index (κ3) is 3.26. The highest BCUT2D eigenvalue weighted by Crippen LogP contribution is 2.27. The molecule has 0 aliphatic carbocycles. The molecule has 1 heterocycles. The monoisotopic (exact) mass is 343 g/mol. The first-order chi connectivity index (χ1) is 11.6. The second kappa shape index (κ2) is 6.76. The number of carbonyl (C=O) groups excluding carboxylic acids is 1. The Kier molecular flexibility index (Phi) is 4.53. The Labute approximate surface area is 144 Å². The SMILES string of the molecule is COc1ccc(C2=N/C(=C/c3cc(Cl)ccc3OC)C(=O)O2)cc1. The van der Waals surface area contributed by atoms with Crippen LogP contribution in [0.25, 0.3) is 6.08 Å². The van der Waals surface area contributed by atoms with Gasteiger partial charge in [0.15, 0.2) is 5.70 Å². The maximum Gasteiger partial charge on any atom is 0.363 e. The van der Waals surface area contributed by atoms with Crippen LogP contribution in [0.15, 0.2) is 53.2 Å². The summed E-state index contributed by atoms with van der Waals surface area (Å²) in [4.78, 5) is 16.3. The minimum atomic E-state index is -0.525. The smallest absolute Gasteiger partial charge is 0.363 e. The molecule has 6 heteroatoms. The van der Waals surface area contributed by atoms with Crippen LogP contribution in [-0.4, -0.2) is 26.1 Å². The minimum absolute atomic E-state index is 0.182. The molecule has 2 aromatic rings. The van der Waals surface area contributed by atoms with E-state index in [0.29, 0.717) is 27.6 Å². The number of cyclic esters (lactones) is 1. The molecule has 0 spiro atoms. The summed E-state index contributed by atoms with van der Waals surface area (Å²) in [6.07, 6.45) is 1.59. The van der Waals surface area contributed by atoms with Gasteiger partial charge in [-0.3, -0.25) is 0 Å². The average molecular weight is 344 g/mol. The molecule has 0 saturated heterocycles. The first kappa shape index (κ1) is 16.1. The lowest BCUT2D eigenvalue weighted by Gasteiger charge is -2.04. The number of ether oxygens (including phenoxy) is 3. The standard InChI is InChI=1S/C18H14ClNO4/c1-22-14-6-3-11(4-7-14)17-20-15(18(21)24-17)10-12-9-13(19)5-8-16(12)23-2/h3-10H,1-2H3/b15-10+. The Morgan fingerprint density at radius 3 is 2.50 bits per heavy atom. The number of carbonyl (C=O) groups is 1. The lowest BCUT2D eigenvalue weighted by atomic mass is 10.1. The van der Waals surface area contributed by atoms with Crippen molar-refractivity contribution in [3.63, 3.8) is 0 Å². The van der Waals surface area contributed by atoms with Gasteiger partial charge in [0.05, 0.1) is 14.2 Å². The Morgan fingerprint density at radius 1 is 1.08 bits per heavy atom. The largest absolute Gasteiger partial charge is 0.497 e. The van der Waals surface area contributed by atoms with Gasteiger partial charge in [-0.05, 0) is 48.5 Å². The molecule has 1 aliphatic heterocycles. The highest BCUT2D eigenvalue weighted by Gasteiger charge is 2.24. The Balaban J connectivity index is 1.95. The van der Waals surface area contributed by atoms with E-state index in [1.54, 1.807) is 62.8 Å². The van der Waals surface area contributed by atoms with Crippen LogP contribution in [-0.2, 0) is 9.53 Å². The van der Waals surface area contributed by atoms with Crippen LogP contribution in [0, 0.1) is 0 Å². The number of benzene rings is 2. The third-order valence-electron chi connectivity index (χ3n) is 3.44. The Bertz CT molecular complexity index is 841. The number of esters is 1. The molecule has 122 valence electrons. The molecule has 0 unspecified atom stereocenters. The predicted molar refractivity (Wildman–Crippen MR) is 91.6 cm³/mol. The summed E-state index contributed by atoms with van der Waals surface area (Å²) in [5.41, 5.74) is 1.52. The maximum absolute atomic E-state index is 12.1. The molecule has 0 bridgehead atoms. The number of methoxy groups -OCH3 is 2. The van der Waals surface area contributed by atoms with Crippen molar-refractivity contribution in [2.75, 3.05) is 14.2 Å². The normalized spacial score (nSPS) is 15.2. The van der Waals surface area contributed by atoms with Gasteiger partial charge in [0.1, 0.15) is 11.5 Å². The molecular weight excluding hydrogens is 330 g/mol. The fraction of sp³-hybridized carbons (Fsp3) is 0.111. The summed E-state index contributed by atoms with van der Waals surface area (Å²) in [7, 11) is 3.13. The molecule has 2 aromatic carbocycles. The Morgan fingerprint density at radius 2 is 1.83 bits per heavy atom. The van der Waals surface area contributed by atoms with E-state index in [-0.39, 0.29) is 11.6 Å². The molecule has 1 aliphatic rings. The first-order valence-corrected chi connectivity index (χ1v) is 7.49. The zero-order valence-electron chi connectivity index (χ0n) is 13.1. The van der Waals surface area contributed by atoms with Crippen molar-refractivity contribution < 1.29 is 19.0 Å². The summed E-state index contributed by atoms with van der Waals surface area (Å²) in [5.74, 6) is 1.02. The van der Waals surface area contributed by atoms with E-state index in [9.17, 15) is 4.79 Å². The van der Waals surface area contributed by atoms with E-state index < -0.39 is 5.97 Å². The van der Waals surface area contributed by atoms with Crippen molar-refractivity contribution in [2.45, 2.75) is 0 Å². The molecule has 3 rings (SSSR count). The molecule has 5 nitrogen and oxygen atoms in total. The number of hydrogen-bond acceptors (Lipinski definition) is 5. The van der Waals surface area contributed by atoms with E-state index in [4.69, 9.17) is 25.8 Å². The van der Waals surface area contributed by atoms with Crippen LogP contribution in [0.2, 0.25) is 5.02 Å².